The molecule has 0 aliphatic carbocycles. The molecule has 0 fully saturated rings. The normalized spacial score (nSPS) is 10.9. The first-order valence-electron chi connectivity index (χ1n) is 8.77. The Hall–Kier alpha value is -2.08. The van der Waals surface area contributed by atoms with Crippen LogP contribution in [0, 0.1) is 0 Å². The Morgan fingerprint density at radius 3 is 2.35 bits per heavy atom. The molecule has 0 radical (unpaired) electrons. The standard InChI is InChI=1S/C22H24N2O.HI/c1-4-24(5-2)19-13-12-18(22(25)16-19)11-10-17-14-15-23(3)21-9-7-6-8-20(17)21;/h6-16H,4-5H2,1-3H3;1H. The van der Waals surface area contributed by atoms with Crippen LogP contribution in [0.4, 0.5) is 5.69 Å². The Labute approximate surface area is 172 Å². The van der Waals surface area contributed by atoms with E-state index in [1.807, 2.05) is 31.3 Å². The first-order chi connectivity index (χ1) is 12.1. The molecule has 0 aliphatic rings. The van der Waals surface area contributed by atoms with E-state index in [1.54, 1.807) is 0 Å². The lowest BCUT2D eigenvalue weighted by Gasteiger charge is -2.21. The van der Waals surface area contributed by atoms with Crippen LogP contribution in [0.15, 0.2) is 54.7 Å². The molecule has 1 aromatic heterocycles. The lowest BCUT2D eigenvalue weighted by molar-refractivity contribution is -0.644. The smallest absolute Gasteiger partial charge is 0.212 e. The van der Waals surface area contributed by atoms with Gasteiger partial charge in [-0.2, -0.15) is 0 Å². The van der Waals surface area contributed by atoms with Crippen LogP contribution in [0.25, 0.3) is 23.1 Å². The molecule has 0 spiro atoms. The van der Waals surface area contributed by atoms with Crippen molar-refractivity contribution in [2.45, 2.75) is 13.8 Å². The predicted molar refractivity (Wildman–Crippen MR) is 106 cm³/mol. The zero-order chi connectivity index (χ0) is 17.8. The fraction of sp³-hybridized carbons (Fsp3) is 0.227. The van der Waals surface area contributed by atoms with Crippen LogP contribution >= 0.6 is 0 Å². The summed E-state index contributed by atoms with van der Waals surface area (Å²) in [5.74, 6) is 0.312. The number of phenols is 1. The van der Waals surface area contributed by atoms with Crippen molar-refractivity contribution in [2.24, 2.45) is 7.05 Å². The highest BCUT2D eigenvalue weighted by Crippen LogP contribution is 2.27. The van der Waals surface area contributed by atoms with Crippen molar-refractivity contribution >= 4 is 28.7 Å². The van der Waals surface area contributed by atoms with E-state index in [0.717, 1.165) is 29.9 Å². The Bertz CT molecular complexity index is 917. The molecule has 0 bridgehead atoms. The number of hydrogen-bond acceptors (Lipinski definition) is 2. The number of phenolic OH excluding ortho intramolecular Hbond substituents is 1. The highest BCUT2D eigenvalue weighted by Gasteiger charge is 2.08. The number of benzene rings is 2. The molecule has 26 heavy (non-hydrogen) atoms. The second-order valence-corrected chi connectivity index (χ2v) is 6.15. The summed E-state index contributed by atoms with van der Waals surface area (Å²) in [6.45, 7) is 6.10. The quantitative estimate of drug-likeness (QED) is 0.461. The Morgan fingerprint density at radius 1 is 0.962 bits per heavy atom. The van der Waals surface area contributed by atoms with Gasteiger partial charge in [0.2, 0.25) is 5.52 Å². The number of nitrogens with zero attached hydrogens (tertiary/aromatic N) is 2. The fourth-order valence-electron chi connectivity index (χ4n) is 3.17. The number of hydrogen-bond donors (Lipinski definition) is 1. The third-order valence-corrected chi connectivity index (χ3v) is 4.66. The summed E-state index contributed by atoms with van der Waals surface area (Å²) < 4.78 is 2.11. The maximum atomic E-state index is 10.4. The maximum absolute atomic E-state index is 10.4. The average Bonchev–Trinajstić information content (AvgIpc) is 2.64. The zero-order valence-corrected chi connectivity index (χ0v) is 17.6. The second kappa shape index (κ2) is 9.03. The molecule has 0 amide bonds. The van der Waals surface area contributed by atoms with Gasteiger partial charge in [0.25, 0.3) is 0 Å². The van der Waals surface area contributed by atoms with E-state index in [1.165, 1.54) is 10.9 Å². The molecule has 3 aromatic rings. The van der Waals surface area contributed by atoms with Crippen molar-refractivity contribution < 1.29 is 33.7 Å². The van der Waals surface area contributed by atoms with E-state index >= 15 is 0 Å². The Morgan fingerprint density at radius 2 is 1.65 bits per heavy atom. The molecule has 0 saturated heterocycles. The maximum Gasteiger partial charge on any atom is 0.212 e. The number of fused-ring (bicyclic) bond motifs is 1. The number of halogens is 1. The summed E-state index contributed by atoms with van der Waals surface area (Å²) in [7, 11) is 2.05. The van der Waals surface area contributed by atoms with Crippen LogP contribution in [0.1, 0.15) is 25.0 Å². The number of aryl methyl sites for hydroxylation is 1. The van der Waals surface area contributed by atoms with Crippen LogP contribution < -0.4 is 33.4 Å². The van der Waals surface area contributed by atoms with E-state index in [4.69, 9.17) is 0 Å². The molecular formula is C22H25IN2O. The molecule has 1 N–H and O–H groups in total. The Balaban J connectivity index is 0.00000243. The van der Waals surface area contributed by atoms with Crippen LogP contribution in [-0.4, -0.2) is 18.2 Å². The number of pyridine rings is 1. The summed E-state index contributed by atoms with van der Waals surface area (Å²) in [5.41, 5.74) is 4.21. The van der Waals surface area contributed by atoms with Crippen LogP contribution in [0.2, 0.25) is 0 Å². The average molecular weight is 460 g/mol. The number of anilines is 1. The van der Waals surface area contributed by atoms with Gasteiger partial charge in [-0.15, -0.1) is 0 Å². The number of rotatable bonds is 5. The van der Waals surface area contributed by atoms with E-state index in [9.17, 15) is 5.11 Å². The SMILES string of the molecule is CCN(CC)c1ccc(/C=C/c2cc[n+](C)c3ccccc23)c(O)c1.[I-]. The van der Waals surface area contributed by atoms with Gasteiger partial charge in [-0.3, -0.25) is 0 Å². The molecule has 2 aromatic carbocycles. The second-order valence-electron chi connectivity index (χ2n) is 6.15. The van der Waals surface area contributed by atoms with Gasteiger partial charge < -0.3 is 34.0 Å². The van der Waals surface area contributed by atoms with Crippen molar-refractivity contribution in [3.8, 4) is 5.75 Å². The molecule has 1 heterocycles. The summed E-state index contributed by atoms with van der Waals surface area (Å²) in [6, 6.07) is 16.3. The number of aromatic hydroxyl groups is 1. The minimum absolute atomic E-state index is 0. The zero-order valence-electron chi connectivity index (χ0n) is 15.5. The third-order valence-electron chi connectivity index (χ3n) is 4.66. The van der Waals surface area contributed by atoms with Gasteiger partial charge in [0, 0.05) is 42.5 Å². The van der Waals surface area contributed by atoms with Gasteiger partial charge in [0.05, 0.1) is 5.39 Å². The van der Waals surface area contributed by atoms with Gasteiger partial charge in [0.1, 0.15) is 12.8 Å². The summed E-state index contributed by atoms with van der Waals surface area (Å²) in [4.78, 5) is 2.22. The molecular weight excluding hydrogens is 435 g/mol. The molecule has 4 heteroatoms. The minimum atomic E-state index is 0. The highest BCUT2D eigenvalue weighted by molar-refractivity contribution is 5.89. The van der Waals surface area contributed by atoms with Crippen molar-refractivity contribution in [3.63, 3.8) is 0 Å². The molecule has 3 nitrogen and oxygen atoms in total. The molecule has 3 rings (SSSR count). The van der Waals surface area contributed by atoms with Gasteiger partial charge in [0.15, 0.2) is 6.20 Å². The topological polar surface area (TPSA) is 27.4 Å². The van der Waals surface area contributed by atoms with Crippen LogP contribution in [-0.2, 0) is 7.05 Å². The number of para-hydroxylation sites is 1. The van der Waals surface area contributed by atoms with Crippen LogP contribution in [0.5, 0.6) is 5.75 Å². The molecule has 136 valence electrons. The van der Waals surface area contributed by atoms with Crippen molar-refractivity contribution in [1.82, 2.24) is 0 Å². The molecule has 0 atom stereocenters. The summed E-state index contributed by atoms with van der Waals surface area (Å²) >= 11 is 0. The lowest BCUT2D eigenvalue weighted by atomic mass is 10.1. The largest absolute Gasteiger partial charge is 1.00 e. The van der Waals surface area contributed by atoms with E-state index in [0.29, 0.717) is 5.75 Å². The van der Waals surface area contributed by atoms with Gasteiger partial charge in [-0.25, -0.2) is 4.57 Å². The van der Waals surface area contributed by atoms with Crippen LogP contribution in [0.3, 0.4) is 0 Å². The lowest BCUT2D eigenvalue weighted by Crippen LogP contribution is -3.00. The van der Waals surface area contributed by atoms with E-state index in [-0.39, 0.29) is 24.0 Å². The minimum Gasteiger partial charge on any atom is -1.00 e. The monoisotopic (exact) mass is 460 g/mol. The van der Waals surface area contributed by atoms with Gasteiger partial charge >= 0.3 is 0 Å². The van der Waals surface area contributed by atoms with Crippen molar-refractivity contribution in [1.29, 1.82) is 0 Å². The molecule has 0 saturated carbocycles. The Kier molecular flexibility index (Phi) is 7.03. The first kappa shape index (κ1) is 20.2. The van der Waals surface area contributed by atoms with Gasteiger partial charge in [-0.05, 0) is 37.6 Å². The summed E-state index contributed by atoms with van der Waals surface area (Å²) in [6.07, 6.45) is 6.10. The van der Waals surface area contributed by atoms with E-state index < -0.39 is 0 Å². The first-order valence-corrected chi connectivity index (χ1v) is 8.77. The third kappa shape index (κ3) is 4.18. The summed E-state index contributed by atoms with van der Waals surface area (Å²) in [5, 5.41) is 11.6. The predicted octanol–water partition coefficient (Wildman–Crippen LogP) is 1.39. The molecule has 0 aliphatic heterocycles. The van der Waals surface area contributed by atoms with E-state index in [2.05, 4.69) is 65.9 Å². The highest BCUT2D eigenvalue weighted by atomic mass is 127. The van der Waals surface area contributed by atoms with Crippen molar-refractivity contribution in [3.05, 3.63) is 65.9 Å². The molecule has 0 unspecified atom stereocenters. The number of aromatic nitrogens is 1. The van der Waals surface area contributed by atoms with Crippen molar-refractivity contribution in [2.75, 3.05) is 18.0 Å². The fourth-order valence-corrected chi connectivity index (χ4v) is 3.17. The van der Waals surface area contributed by atoms with Gasteiger partial charge in [-0.1, -0.05) is 24.3 Å².